The number of hydrogen-bond acceptors (Lipinski definition) is 2. The molecule has 100 valence electrons. The molecule has 4 nitrogen and oxygen atoms in total. The van der Waals surface area contributed by atoms with Gasteiger partial charge in [-0.1, -0.05) is 34.6 Å². The van der Waals surface area contributed by atoms with E-state index in [9.17, 15) is 4.79 Å². The van der Waals surface area contributed by atoms with Crippen molar-refractivity contribution in [3.63, 3.8) is 0 Å². The zero-order chi connectivity index (χ0) is 13.2. The molecule has 1 aliphatic heterocycles. The van der Waals surface area contributed by atoms with Crippen molar-refractivity contribution in [1.29, 1.82) is 0 Å². The first kappa shape index (κ1) is 14.3. The smallest absolute Gasteiger partial charge is 0.319 e. The van der Waals surface area contributed by atoms with Crippen LogP contribution < -0.4 is 5.32 Å². The van der Waals surface area contributed by atoms with Crippen LogP contribution in [-0.2, 0) is 0 Å². The van der Waals surface area contributed by atoms with Crippen molar-refractivity contribution in [3.05, 3.63) is 0 Å². The highest BCUT2D eigenvalue weighted by Gasteiger charge is 2.32. The predicted octanol–water partition coefficient (Wildman–Crippen LogP) is 1.77. The van der Waals surface area contributed by atoms with Crippen LogP contribution in [-0.4, -0.2) is 54.6 Å². The van der Waals surface area contributed by atoms with Gasteiger partial charge in [-0.15, -0.1) is 0 Å². The number of rotatable bonds is 4. The lowest BCUT2D eigenvalue weighted by Gasteiger charge is -2.36. The summed E-state index contributed by atoms with van der Waals surface area (Å²) in [5.41, 5.74) is 0.158. The van der Waals surface area contributed by atoms with E-state index in [2.05, 4.69) is 39.9 Å². The standard InChI is InChI=1S/C13H27N3O/c1-10(2)14-11(13(3,4)5)9-16-8-7-15(6)12(16)17/h10-11,14H,7-9H2,1-6H3/t11-/m1/s1. The van der Waals surface area contributed by atoms with Gasteiger partial charge in [0.25, 0.3) is 0 Å². The fourth-order valence-electron chi connectivity index (χ4n) is 2.07. The summed E-state index contributed by atoms with van der Waals surface area (Å²) in [7, 11) is 1.87. The number of nitrogens with zero attached hydrogens (tertiary/aromatic N) is 2. The molecule has 0 unspecified atom stereocenters. The zero-order valence-electron chi connectivity index (χ0n) is 12.1. The van der Waals surface area contributed by atoms with Gasteiger partial charge in [0.2, 0.25) is 0 Å². The van der Waals surface area contributed by atoms with Gasteiger partial charge in [0, 0.05) is 38.8 Å². The Bertz CT molecular complexity index is 270. The van der Waals surface area contributed by atoms with E-state index in [-0.39, 0.29) is 11.4 Å². The van der Waals surface area contributed by atoms with Crippen molar-refractivity contribution in [2.24, 2.45) is 5.41 Å². The molecule has 1 heterocycles. The van der Waals surface area contributed by atoms with E-state index in [1.807, 2.05) is 11.9 Å². The second-order valence-corrected chi connectivity index (χ2v) is 6.39. The Balaban J connectivity index is 2.64. The van der Waals surface area contributed by atoms with Gasteiger partial charge in [0.05, 0.1) is 0 Å². The van der Waals surface area contributed by atoms with Crippen molar-refractivity contribution < 1.29 is 4.79 Å². The summed E-state index contributed by atoms with van der Waals surface area (Å²) in [6.07, 6.45) is 0. The lowest BCUT2D eigenvalue weighted by atomic mass is 9.86. The molecule has 2 amide bonds. The number of urea groups is 1. The summed E-state index contributed by atoms with van der Waals surface area (Å²) >= 11 is 0. The Hall–Kier alpha value is -0.770. The molecule has 1 N–H and O–H groups in total. The minimum atomic E-state index is 0.157. The molecule has 1 rings (SSSR count). The monoisotopic (exact) mass is 241 g/mol. The van der Waals surface area contributed by atoms with Crippen molar-refractivity contribution in [2.75, 3.05) is 26.7 Å². The first-order valence-corrected chi connectivity index (χ1v) is 6.48. The Labute approximate surface area is 105 Å². The second-order valence-electron chi connectivity index (χ2n) is 6.39. The average Bonchev–Trinajstić information content (AvgIpc) is 2.46. The lowest BCUT2D eigenvalue weighted by molar-refractivity contribution is 0.170. The van der Waals surface area contributed by atoms with Crippen LogP contribution in [0.4, 0.5) is 4.79 Å². The van der Waals surface area contributed by atoms with Crippen LogP contribution in [0.2, 0.25) is 0 Å². The topological polar surface area (TPSA) is 35.6 Å². The van der Waals surface area contributed by atoms with Gasteiger partial charge in [-0.3, -0.25) is 0 Å². The van der Waals surface area contributed by atoms with Crippen LogP contribution in [0.3, 0.4) is 0 Å². The van der Waals surface area contributed by atoms with E-state index in [0.717, 1.165) is 19.6 Å². The van der Waals surface area contributed by atoms with Crippen molar-refractivity contribution >= 4 is 6.03 Å². The van der Waals surface area contributed by atoms with Gasteiger partial charge in [-0.25, -0.2) is 4.79 Å². The van der Waals surface area contributed by atoms with Gasteiger partial charge in [0.15, 0.2) is 0 Å². The summed E-state index contributed by atoms with van der Waals surface area (Å²) in [4.78, 5) is 15.6. The van der Waals surface area contributed by atoms with Crippen LogP contribution in [0, 0.1) is 5.41 Å². The summed E-state index contributed by atoms with van der Waals surface area (Å²) in [5.74, 6) is 0. The Morgan fingerprint density at radius 1 is 1.29 bits per heavy atom. The second kappa shape index (κ2) is 5.25. The maximum absolute atomic E-state index is 11.9. The van der Waals surface area contributed by atoms with Crippen LogP contribution >= 0.6 is 0 Å². The van der Waals surface area contributed by atoms with E-state index in [1.165, 1.54) is 0 Å². The highest BCUT2D eigenvalue weighted by molar-refractivity contribution is 5.76. The molecule has 0 radical (unpaired) electrons. The number of amides is 2. The normalized spacial score (nSPS) is 19.4. The molecule has 1 fully saturated rings. The van der Waals surface area contributed by atoms with Crippen LogP contribution in [0.5, 0.6) is 0 Å². The van der Waals surface area contributed by atoms with E-state index < -0.39 is 0 Å². The minimum absolute atomic E-state index is 0.157. The summed E-state index contributed by atoms with van der Waals surface area (Å²) < 4.78 is 0. The maximum atomic E-state index is 11.9. The van der Waals surface area contributed by atoms with Crippen LogP contribution in [0.1, 0.15) is 34.6 Å². The van der Waals surface area contributed by atoms with Crippen molar-refractivity contribution in [1.82, 2.24) is 15.1 Å². The molecule has 0 saturated carbocycles. The van der Waals surface area contributed by atoms with E-state index in [4.69, 9.17) is 0 Å². The third kappa shape index (κ3) is 3.87. The van der Waals surface area contributed by atoms with Gasteiger partial charge in [0.1, 0.15) is 0 Å². The molecule has 17 heavy (non-hydrogen) atoms. The minimum Gasteiger partial charge on any atom is -0.326 e. The summed E-state index contributed by atoms with van der Waals surface area (Å²) in [5, 5.41) is 3.57. The zero-order valence-corrected chi connectivity index (χ0v) is 12.1. The SMILES string of the molecule is CC(C)N[C@H](CN1CCN(C)C1=O)C(C)(C)C. The molecule has 0 bridgehead atoms. The molecule has 0 spiro atoms. The molecule has 0 aromatic carbocycles. The molecular weight excluding hydrogens is 214 g/mol. The molecule has 1 saturated heterocycles. The molecule has 1 aliphatic rings. The molecule has 0 aliphatic carbocycles. The Morgan fingerprint density at radius 2 is 1.88 bits per heavy atom. The lowest BCUT2D eigenvalue weighted by Crippen LogP contribution is -2.51. The first-order valence-electron chi connectivity index (χ1n) is 6.48. The van der Waals surface area contributed by atoms with Crippen molar-refractivity contribution in [2.45, 2.75) is 46.7 Å². The summed E-state index contributed by atoms with van der Waals surface area (Å²) in [6.45, 7) is 13.4. The van der Waals surface area contributed by atoms with Crippen LogP contribution in [0.25, 0.3) is 0 Å². The predicted molar refractivity (Wildman–Crippen MR) is 71.1 cm³/mol. The molecular formula is C13H27N3O. The number of nitrogens with one attached hydrogen (secondary N) is 1. The average molecular weight is 241 g/mol. The highest BCUT2D eigenvalue weighted by Crippen LogP contribution is 2.22. The largest absolute Gasteiger partial charge is 0.326 e. The Morgan fingerprint density at radius 3 is 2.24 bits per heavy atom. The number of likely N-dealkylation sites (N-methyl/N-ethyl adjacent to an activating group) is 1. The third-order valence-corrected chi connectivity index (χ3v) is 3.29. The number of carbonyl (C=O) groups is 1. The maximum Gasteiger partial charge on any atom is 0.319 e. The highest BCUT2D eigenvalue weighted by atomic mass is 16.2. The van der Waals surface area contributed by atoms with Gasteiger partial charge < -0.3 is 15.1 Å². The van der Waals surface area contributed by atoms with Gasteiger partial charge >= 0.3 is 6.03 Å². The molecule has 1 atom stereocenters. The molecule has 0 aromatic rings. The summed E-state index contributed by atoms with van der Waals surface area (Å²) in [6, 6.07) is 0.928. The third-order valence-electron chi connectivity index (χ3n) is 3.29. The quantitative estimate of drug-likeness (QED) is 0.814. The van der Waals surface area contributed by atoms with Gasteiger partial charge in [-0.05, 0) is 5.41 Å². The first-order chi connectivity index (χ1) is 7.71. The fraction of sp³-hybridized carbons (Fsp3) is 0.923. The fourth-order valence-corrected chi connectivity index (χ4v) is 2.07. The van der Waals surface area contributed by atoms with E-state index in [0.29, 0.717) is 12.1 Å². The van der Waals surface area contributed by atoms with Gasteiger partial charge in [-0.2, -0.15) is 0 Å². The van der Waals surface area contributed by atoms with Crippen molar-refractivity contribution in [3.8, 4) is 0 Å². The molecule has 4 heteroatoms. The molecule has 0 aromatic heterocycles. The Kier molecular flexibility index (Phi) is 4.42. The van der Waals surface area contributed by atoms with Crippen LogP contribution in [0.15, 0.2) is 0 Å². The number of carbonyl (C=O) groups excluding carboxylic acids is 1. The number of hydrogen-bond donors (Lipinski definition) is 1. The van der Waals surface area contributed by atoms with E-state index in [1.54, 1.807) is 4.90 Å². The van der Waals surface area contributed by atoms with E-state index >= 15 is 0 Å².